The number of hydrogen-bond acceptors (Lipinski definition) is 2. The molecule has 0 saturated carbocycles. The average Bonchev–Trinajstić information content (AvgIpc) is 2.42. The third kappa shape index (κ3) is 2.60. The largest absolute Gasteiger partial charge is 0.300 e. The maximum Gasteiger partial charge on any atom is 0.136 e. The van der Waals surface area contributed by atoms with Crippen LogP contribution in [0.2, 0.25) is 0 Å². The van der Waals surface area contributed by atoms with Crippen molar-refractivity contribution in [3.8, 4) is 0 Å². The first-order chi connectivity index (χ1) is 7.16. The van der Waals surface area contributed by atoms with Crippen LogP contribution >= 0.6 is 0 Å². The van der Waals surface area contributed by atoms with Crippen LogP contribution in [-0.2, 0) is 4.79 Å². The molecule has 2 heteroatoms. The summed E-state index contributed by atoms with van der Waals surface area (Å²) in [4.78, 5) is 14.0. The number of nitrogens with zero attached hydrogens (tertiary/aromatic N) is 1. The van der Waals surface area contributed by atoms with Gasteiger partial charge in [-0.3, -0.25) is 9.69 Å². The van der Waals surface area contributed by atoms with Crippen LogP contribution in [0.4, 0.5) is 0 Å². The van der Waals surface area contributed by atoms with E-state index in [-0.39, 0.29) is 0 Å². The Labute approximate surface area is 93.0 Å². The molecule has 2 bridgehead atoms. The van der Waals surface area contributed by atoms with Crippen LogP contribution in [-0.4, -0.2) is 29.3 Å². The molecule has 0 N–H and O–H groups in total. The highest BCUT2D eigenvalue weighted by atomic mass is 16.1. The number of carbonyl (C=O) groups is 1. The number of piperidine rings is 1. The minimum absolute atomic E-state index is 0.502. The van der Waals surface area contributed by atoms with Gasteiger partial charge in [0.25, 0.3) is 0 Å². The number of hydrogen-bond donors (Lipinski definition) is 0. The molecular weight excluding hydrogens is 186 g/mol. The second-order valence-electron chi connectivity index (χ2n) is 5.61. The normalized spacial score (nSPS) is 31.5. The predicted octanol–water partition coefficient (Wildman–Crippen LogP) is 2.62. The molecule has 2 aliphatic heterocycles. The Balaban J connectivity index is 1.81. The average molecular weight is 209 g/mol. The van der Waals surface area contributed by atoms with E-state index in [0.717, 1.165) is 18.8 Å². The lowest BCUT2D eigenvalue weighted by Gasteiger charge is -2.34. The fourth-order valence-corrected chi connectivity index (χ4v) is 3.11. The Morgan fingerprint density at radius 3 is 2.40 bits per heavy atom. The van der Waals surface area contributed by atoms with Crippen molar-refractivity contribution in [1.82, 2.24) is 4.90 Å². The quantitative estimate of drug-likeness (QED) is 0.709. The van der Waals surface area contributed by atoms with Gasteiger partial charge in [0.15, 0.2) is 0 Å². The van der Waals surface area contributed by atoms with Crippen molar-refractivity contribution in [3.63, 3.8) is 0 Å². The molecule has 2 atom stereocenters. The third-order valence-electron chi connectivity index (χ3n) is 3.90. The summed E-state index contributed by atoms with van der Waals surface area (Å²) in [6.07, 6.45) is 6.81. The number of carbonyl (C=O) groups excluding carboxylic acids is 1. The summed E-state index contributed by atoms with van der Waals surface area (Å²) in [5.74, 6) is 1.32. The lowest BCUT2D eigenvalue weighted by Crippen LogP contribution is -2.43. The van der Waals surface area contributed by atoms with Gasteiger partial charge in [-0.25, -0.2) is 0 Å². The molecule has 0 spiro atoms. The Morgan fingerprint density at radius 1 is 1.27 bits per heavy atom. The van der Waals surface area contributed by atoms with Crippen LogP contribution in [0.15, 0.2) is 0 Å². The third-order valence-corrected chi connectivity index (χ3v) is 3.90. The van der Waals surface area contributed by atoms with Crippen LogP contribution in [0.25, 0.3) is 0 Å². The molecule has 0 amide bonds. The number of ketones is 1. The zero-order valence-corrected chi connectivity index (χ0v) is 10.0. The van der Waals surface area contributed by atoms with Gasteiger partial charge in [-0.05, 0) is 38.1 Å². The number of fused-ring (bicyclic) bond motifs is 2. The van der Waals surface area contributed by atoms with Gasteiger partial charge in [0, 0.05) is 24.9 Å². The van der Waals surface area contributed by atoms with E-state index in [0.29, 0.717) is 17.9 Å². The van der Waals surface area contributed by atoms with Crippen molar-refractivity contribution in [2.45, 2.75) is 64.5 Å². The molecule has 0 aliphatic carbocycles. The first-order valence-electron chi connectivity index (χ1n) is 6.44. The lowest BCUT2D eigenvalue weighted by molar-refractivity contribution is -0.123. The van der Waals surface area contributed by atoms with Gasteiger partial charge in [0.05, 0.1) is 0 Å². The Hall–Kier alpha value is -0.370. The molecule has 2 rings (SSSR count). The van der Waals surface area contributed by atoms with Crippen molar-refractivity contribution >= 4 is 5.78 Å². The molecule has 2 heterocycles. The van der Waals surface area contributed by atoms with E-state index in [1.807, 2.05) is 0 Å². The second kappa shape index (κ2) is 4.65. The zero-order chi connectivity index (χ0) is 10.8. The van der Waals surface area contributed by atoms with E-state index < -0.39 is 0 Å². The topological polar surface area (TPSA) is 20.3 Å². The van der Waals surface area contributed by atoms with Crippen molar-refractivity contribution in [3.05, 3.63) is 0 Å². The van der Waals surface area contributed by atoms with E-state index in [1.54, 1.807) is 0 Å². The molecule has 2 nitrogen and oxygen atoms in total. The van der Waals surface area contributed by atoms with Gasteiger partial charge in [0.1, 0.15) is 5.78 Å². The van der Waals surface area contributed by atoms with E-state index in [2.05, 4.69) is 18.7 Å². The number of rotatable bonds is 4. The first kappa shape index (κ1) is 11.1. The Bertz CT molecular complexity index is 221. The summed E-state index contributed by atoms with van der Waals surface area (Å²) in [6, 6.07) is 1.20. The zero-order valence-electron chi connectivity index (χ0n) is 10.0. The van der Waals surface area contributed by atoms with Crippen molar-refractivity contribution < 1.29 is 4.79 Å². The standard InChI is InChI=1S/C13H23NO/c1-10(2)4-3-7-14-11-5-6-12(14)9-13(15)8-11/h10-12H,3-9H2,1-2H3. The molecule has 0 aromatic heterocycles. The lowest BCUT2D eigenvalue weighted by atomic mass is 10.0. The Morgan fingerprint density at radius 2 is 1.87 bits per heavy atom. The predicted molar refractivity (Wildman–Crippen MR) is 61.8 cm³/mol. The molecular formula is C13H23NO. The van der Waals surface area contributed by atoms with Crippen molar-refractivity contribution in [2.75, 3.05) is 6.54 Å². The van der Waals surface area contributed by atoms with E-state index in [4.69, 9.17) is 0 Å². The second-order valence-corrected chi connectivity index (χ2v) is 5.61. The molecule has 2 unspecified atom stereocenters. The smallest absolute Gasteiger partial charge is 0.136 e. The van der Waals surface area contributed by atoms with Crippen molar-refractivity contribution in [2.24, 2.45) is 5.92 Å². The maximum atomic E-state index is 11.4. The summed E-state index contributed by atoms with van der Waals surface area (Å²) >= 11 is 0. The van der Waals surface area contributed by atoms with Gasteiger partial charge in [-0.15, -0.1) is 0 Å². The SMILES string of the molecule is CC(C)CCCN1C2CCC1CC(=O)C2. The highest BCUT2D eigenvalue weighted by molar-refractivity contribution is 5.80. The highest BCUT2D eigenvalue weighted by Gasteiger charge is 2.39. The van der Waals surface area contributed by atoms with Gasteiger partial charge in [-0.1, -0.05) is 13.8 Å². The van der Waals surface area contributed by atoms with Gasteiger partial charge < -0.3 is 0 Å². The fraction of sp³-hybridized carbons (Fsp3) is 0.923. The first-order valence-corrected chi connectivity index (χ1v) is 6.44. The summed E-state index contributed by atoms with van der Waals surface area (Å²) in [7, 11) is 0. The summed E-state index contributed by atoms with van der Waals surface area (Å²) in [6.45, 7) is 5.80. The molecule has 2 fully saturated rings. The van der Waals surface area contributed by atoms with Crippen LogP contribution in [0.1, 0.15) is 52.4 Å². The molecule has 0 aromatic rings. The summed E-state index contributed by atoms with van der Waals surface area (Å²) in [5.41, 5.74) is 0. The minimum Gasteiger partial charge on any atom is -0.300 e. The minimum atomic E-state index is 0.502. The van der Waals surface area contributed by atoms with E-state index >= 15 is 0 Å². The molecule has 0 radical (unpaired) electrons. The van der Waals surface area contributed by atoms with Gasteiger partial charge in [0.2, 0.25) is 0 Å². The summed E-state index contributed by atoms with van der Waals surface area (Å²) < 4.78 is 0. The molecule has 0 aromatic carbocycles. The van der Waals surface area contributed by atoms with Crippen LogP contribution < -0.4 is 0 Å². The highest BCUT2D eigenvalue weighted by Crippen LogP contribution is 2.34. The van der Waals surface area contributed by atoms with Gasteiger partial charge in [-0.2, -0.15) is 0 Å². The molecule has 2 aliphatic rings. The summed E-state index contributed by atoms with van der Waals surface area (Å²) in [5, 5.41) is 0. The molecule has 2 saturated heterocycles. The molecule has 86 valence electrons. The van der Waals surface area contributed by atoms with Crippen LogP contribution in [0, 0.1) is 5.92 Å². The number of Topliss-reactive ketones (excluding diaryl/α,β-unsaturated/α-hetero) is 1. The van der Waals surface area contributed by atoms with E-state index in [1.165, 1.54) is 32.2 Å². The van der Waals surface area contributed by atoms with Crippen molar-refractivity contribution in [1.29, 1.82) is 0 Å². The maximum absolute atomic E-state index is 11.4. The Kier molecular flexibility index (Phi) is 3.45. The molecule has 15 heavy (non-hydrogen) atoms. The fourth-order valence-electron chi connectivity index (χ4n) is 3.11. The van der Waals surface area contributed by atoms with Crippen LogP contribution in [0.5, 0.6) is 0 Å². The monoisotopic (exact) mass is 209 g/mol. The van der Waals surface area contributed by atoms with Crippen LogP contribution in [0.3, 0.4) is 0 Å². The van der Waals surface area contributed by atoms with Gasteiger partial charge >= 0.3 is 0 Å². The van der Waals surface area contributed by atoms with E-state index in [9.17, 15) is 4.79 Å².